The van der Waals surface area contributed by atoms with Crippen LogP contribution in [0.4, 0.5) is 5.95 Å². The van der Waals surface area contributed by atoms with Crippen LogP contribution in [0.3, 0.4) is 0 Å². The van der Waals surface area contributed by atoms with Gasteiger partial charge in [-0.05, 0) is 6.07 Å². The minimum absolute atomic E-state index is 0.0809. The number of fused-ring (bicyclic) bond motifs is 1. The summed E-state index contributed by atoms with van der Waals surface area (Å²) in [6, 6.07) is 3.40. The van der Waals surface area contributed by atoms with Crippen LogP contribution in [-0.4, -0.2) is 25.7 Å². The number of aliphatic carboxylic acids is 1. The van der Waals surface area contributed by atoms with Gasteiger partial charge in [-0.2, -0.15) is 4.98 Å². The Labute approximate surface area is 79.0 Å². The molecule has 2 rings (SSSR count). The zero-order valence-corrected chi connectivity index (χ0v) is 7.21. The highest BCUT2D eigenvalue weighted by atomic mass is 16.4. The minimum atomic E-state index is -0.903. The van der Waals surface area contributed by atoms with Crippen molar-refractivity contribution in [1.82, 2.24) is 14.6 Å². The summed E-state index contributed by atoms with van der Waals surface area (Å²) in [6.45, 7) is 0. The van der Waals surface area contributed by atoms with Crippen LogP contribution in [0.25, 0.3) is 5.65 Å². The molecule has 72 valence electrons. The quantitative estimate of drug-likeness (QED) is 0.695. The third kappa shape index (κ3) is 1.37. The molecular weight excluding hydrogens is 184 g/mol. The maximum Gasteiger partial charge on any atom is 0.307 e. The van der Waals surface area contributed by atoms with E-state index in [1.807, 2.05) is 0 Å². The monoisotopic (exact) mass is 192 g/mol. The molecule has 0 aliphatic rings. The molecule has 0 saturated heterocycles. The Bertz CT molecular complexity index is 491. The van der Waals surface area contributed by atoms with E-state index in [2.05, 4.69) is 10.1 Å². The van der Waals surface area contributed by atoms with Crippen molar-refractivity contribution in [2.45, 2.75) is 6.42 Å². The fraction of sp³-hybridized carbons (Fsp3) is 0.125. The Hall–Kier alpha value is -2.11. The number of hydrogen-bond donors (Lipinski definition) is 2. The number of carboxylic acid groups (broad SMARTS) is 1. The molecule has 14 heavy (non-hydrogen) atoms. The maximum atomic E-state index is 10.5. The number of aromatic nitrogens is 3. The van der Waals surface area contributed by atoms with Gasteiger partial charge in [0, 0.05) is 11.8 Å². The molecule has 2 aromatic heterocycles. The van der Waals surface area contributed by atoms with Crippen LogP contribution in [0.5, 0.6) is 0 Å². The molecule has 0 aliphatic carbocycles. The summed E-state index contributed by atoms with van der Waals surface area (Å²) in [5.41, 5.74) is 6.49. The Kier molecular flexibility index (Phi) is 1.81. The van der Waals surface area contributed by atoms with Gasteiger partial charge in [-0.25, -0.2) is 4.52 Å². The van der Waals surface area contributed by atoms with E-state index in [9.17, 15) is 4.79 Å². The number of carboxylic acids is 1. The van der Waals surface area contributed by atoms with E-state index in [4.69, 9.17) is 10.8 Å². The summed E-state index contributed by atoms with van der Waals surface area (Å²) in [5, 5.41) is 12.5. The lowest BCUT2D eigenvalue weighted by Gasteiger charge is -1.97. The lowest BCUT2D eigenvalue weighted by atomic mass is 10.2. The van der Waals surface area contributed by atoms with Crippen LogP contribution in [0.1, 0.15) is 5.56 Å². The standard InChI is InChI=1S/C8H8N4O2/c9-8-10-7-5(4-6(13)14)2-1-3-12(7)11-8/h1-3H,4H2,(H2,9,11)(H,13,14). The van der Waals surface area contributed by atoms with Gasteiger partial charge in [-0.3, -0.25) is 4.79 Å². The summed E-state index contributed by atoms with van der Waals surface area (Å²) in [5.74, 6) is -0.762. The van der Waals surface area contributed by atoms with Crippen molar-refractivity contribution in [2.75, 3.05) is 5.73 Å². The lowest BCUT2D eigenvalue weighted by molar-refractivity contribution is -0.136. The predicted octanol–water partition coefficient (Wildman–Crippen LogP) is -0.0614. The van der Waals surface area contributed by atoms with Crippen LogP contribution in [-0.2, 0) is 11.2 Å². The highest BCUT2D eigenvalue weighted by Crippen LogP contribution is 2.09. The van der Waals surface area contributed by atoms with E-state index < -0.39 is 5.97 Å². The molecule has 0 bridgehead atoms. The van der Waals surface area contributed by atoms with Crippen LogP contribution >= 0.6 is 0 Å². The Morgan fingerprint density at radius 2 is 2.43 bits per heavy atom. The molecule has 6 heteroatoms. The van der Waals surface area contributed by atoms with Crippen molar-refractivity contribution in [3.05, 3.63) is 23.9 Å². The van der Waals surface area contributed by atoms with Gasteiger partial charge >= 0.3 is 5.97 Å². The highest BCUT2D eigenvalue weighted by molar-refractivity contribution is 5.73. The molecule has 0 aliphatic heterocycles. The van der Waals surface area contributed by atoms with E-state index in [1.165, 1.54) is 4.52 Å². The molecule has 0 unspecified atom stereocenters. The van der Waals surface area contributed by atoms with Gasteiger partial charge in [0.2, 0.25) is 5.95 Å². The Balaban J connectivity index is 2.58. The predicted molar refractivity (Wildman–Crippen MR) is 48.7 cm³/mol. The first-order valence-corrected chi connectivity index (χ1v) is 3.98. The summed E-state index contributed by atoms with van der Waals surface area (Å²) in [6.07, 6.45) is 1.59. The molecule has 3 N–H and O–H groups in total. The molecule has 0 saturated carbocycles. The van der Waals surface area contributed by atoms with Crippen LogP contribution in [0.2, 0.25) is 0 Å². The van der Waals surface area contributed by atoms with Gasteiger partial charge in [0.1, 0.15) is 0 Å². The number of nitrogen functional groups attached to an aromatic ring is 1. The summed E-state index contributed by atoms with van der Waals surface area (Å²) >= 11 is 0. The van der Waals surface area contributed by atoms with Crippen molar-refractivity contribution in [1.29, 1.82) is 0 Å². The number of carbonyl (C=O) groups is 1. The number of rotatable bonds is 2. The molecule has 2 heterocycles. The summed E-state index contributed by atoms with van der Waals surface area (Å²) < 4.78 is 1.47. The first-order valence-electron chi connectivity index (χ1n) is 3.98. The zero-order chi connectivity index (χ0) is 10.1. The fourth-order valence-corrected chi connectivity index (χ4v) is 1.28. The third-order valence-electron chi connectivity index (χ3n) is 1.80. The number of nitrogens with two attached hydrogens (primary N) is 1. The van der Waals surface area contributed by atoms with Gasteiger partial charge in [-0.15, -0.1) is 5.10 Å². The average Bonchev–Trinajstić information content (AvgIpc) is 2.45. The molecule has 0 spiro atoms. The van der Waals surface area contributed by atoms with Gasteiger partial charge < -0.3 is 10.8 Å². The second kappa shape index (κ2) is 2.99. The minimum Gasteiger partial charge on any atom is -0.481 e. The van der Waals surface area contributed by atoms with Crippen LogP contribution in [0.15, 0.2) is 18.3 Å². The fourth-order valence-electron chi connectivity index (χ4n) is 1.28. The van der Waals surface area contributed by atoms with Crippen molar-refractivity contribution < 1.29 is 9.90 Å². The van der Waals surface area contributed by atoms with Crippen LogP contribution < -0.4 is 5.73 Å². The molecule has 0 atom stereocenters. The van der Waals surface area contributed by atoms with E-state index in [-0.39, 0.29) is 12.4 Å². The SMILES string of the molecule is Nc1nc2c(CC(=O)O)cccn2n1. The first-order chi connectivity index (χ1) is 6.66. The summed E-state index contributed by atoms with van der Waals surface area (Å²) in [4.78, 5) is 14.5. The van der Waals surface area contributed by atoms with E-state index in [0.717, 1.165) is 0 Å². The number of anilines is 1. The molecule has 0 aromatic carbocycles. The molecule has 0 fully saturated rings. The van der Waals surface area contributed by atoms with Crippen molar-refractivity contribution in [2.24, 2.45) is 0 Å². The third-order valence-corrected chi connectivity index (χ3v) is 1.80. The molecule has 0 amide bonds. The zero-order valence-electron chi connectivity index (χ0n) is 7.21. The van der Waals surface area contributed by atoms with Crippen molar-refractivity contribution in [3.63, 3.8) is 0 Å². The lowest BCUT2D eigenvalue weighted by Crippen LogP contribution is -2.02. The van der Waals surface area contributed by atoms with E-state index >= 15 is 0 Å². The second-order valence-corrected chi connectivity index (χ2v) is 2.84. The molecule has 0 radical (unpaired) electrons. The Morgan fingerprint density at radius 3 is 3.14 bits per heavy atom. The first kappa shape index (κ1) is 8.49. The topological polar surface area (TPSA) is 93.5 Å². The molecular formula is C8H8N4O2. The van der Waals surface area contributed by atoms with Crippen molar-refractivity contribution in [3.8, 4) is 0 Å². The largest absolute Gasteiger partial charge is 0.481 e. The second-order valence-electron chi connectivity index (χ2n) is 2.84. The van der Waals surface area contributed by atoms with Crippen LogP contribution in [0, 0.1) is 0 Å². The van der Waals surface area contributed by atoms with Gasteiger partial charge in [0.15, 0.2) is 5.65 Å². The maximum absolute atomic E-state index is 10.5. The highest BCUT2D eigenvalue weighted by Gasteiger charge is 2.08. The van der Waals surface area contributed by atoms with E-state index in [0.29, 0.717) is 11.2 Å². The Morgan fingerprint density at radius 1 is 1.64 bits per heavy atom. The normalized spacial score (nSPS) is 10.6. The summed E-state index contributed by atoms with van der Waals surface area (Å²) in [7, 11) is 0. The van der Waals surface area contributed by atoms with Gasteiger partial charge in [-0.1, -0.05) is 6.07 Å². The van der Waals surface area contributed by atoms with Gasteiger partial charge in [0.25, 0.3) is 0 Å². The number of nitrogens with zero attached hydrogens (tertiary/aromatic N) is 3. The number of pyridine rings is 1. The molecule has 2 aromatic rings. The average molecular weight is 192 g/mol. The van der Waals surface area contributed by atoms with Gasteiger partial charge in [0.05, 0.1) is 6.42 Å². The molecule has 6 nitrogen and oxygen atoms in total. The number of hydrogen-bond acceptors (Lipinski definition) is 4. The van der Waals surface area contributed by atoms with Crippen molar-refractivity contribution >= 4 is 17.6 Å². The smallest absolute Gasteiger partial charge is 0.307 e. The van der Waals surface area contributed by atoms with E-state index in [1.54, 1.807) is 18.3 Å².